The standard InChI is InChI=1S/C15H36N4/c1-15(19(7)13-9-11-17(4)5)14-18(6)12-8-10-16(2)3/h15H,8-14H2,1-7H3. The van der Waals surface area contributed by atoms with Crippen molar-refractivity contribution < 1.29 is 0 Å². The van der Waals surface area contributed by atoms with Gasteiger partial charge in [-0.05, 0) is 88.2 Å². The van der Waals surface area contributed by atoms with E-state index in [-0.39, 0.29) is 0 Å². The molecule has 0 rings (SSSR count). The molecule has 19 heavy (non-hydrogen) atoms. The zero-order valence-electron chi connectivity index (χ0n) is 14.3. The minimum atomic E-state index is 0.631. The topological polar surface area (TPSA) is 13.0 Å². The summed E-state index contributed by atoms with van der Waals surface area (Å²) in [6, 6.07) is 0.631. The Morgan fingerprint density at radius 1 is 0.684 bits per heavy atom. The summed E-state index contributed by atoms with van der Waals surface area (Å²) < 4.78 is 0. The highest BCUT2D eigenvalue weighted by Crippen LogP contribution is 2.01. The van der Waals surface area contributed by atoms with Crippen LogP contribution in [0.15, 0.2) is 0 Å². The van der Waals surface area contributed by atoms with Gasteiger partial charge in [-0.1, -0.05) is 0 Å². The fraction of sp³-hybridized carbons (Fsp3) is 1.00. The first kappa shape index (κ1) is 18.8. The van der Waals surface area contributed by atoms with E-state index < -0.39 is 0 Å². The molecule has 4 nitrogen and oxygen atoms in total. The highest BCUT2D eigenvalue weighted by Gasteiger charge is 2.11. The number of hydrogen-bond acceptors (Lipinski definition) is 4. The van der Waals surface area contributed by atoms with Gasteiger partial charge in [-0.25, -0.2) is 0 Å². The molecule has 0 heterocycles. The fourth-order valence-electron chi connectivity index (χ4n) is 2.20. The molecule has 0 radical (unpaired) electrons. The van der Waals surface area contributed by atoms with Crippen LogP contribution in [-0.4, -0.2) is 101 Å². The zero-order valence-corrected chi connectivity index (χ0v) is 14.3. The summed E-state index contributed by atoms with van der Waals surface area (Å²) in [5.74, 6) is 0. The van der Waals surface area contributed by atoms with Gasteiger partial charge in [0.1, 0.15) is 0 Å². The lowest BCUT2D eigenvalue weighted by molar-refractivity contribution is 0.182. The lowest BCUT2D eigenvalue weighted by atomic mass is 10.2. The molecule has 0 spiro atoms. The molecule has 1 unspecified atom stereocenters. The van der Waals surface area contributed by atoms with Crippen molar-refractivity contribution in [1.29, 1.82) is 0 Å². The lowest BCUT2D eigenvalue weighted by Gasteiger charge is -2.29. The molecule has 0 aromatic heterocycles. The van der Waals surface area contributed by atoms with Gasteiger partial charge < -0.3 is 19.6 Å². The van der Waals surface area contributed by atoms with Crippen molar-refractivity contribution in [2.24, 2.45) is 0 Å². The molecule has 0 aromatic rings. The second kappa shape index (κ2) is 10.6. The molecule has 0 saturated heterocycles. The van der Waals surface area contributed by atoms with Crippen LogP contribution in [0.2, 0.25) is 0 Å². The maximum absolute atomic E-state index is 2.48. The Bertz CT molecular complexity index is 206. The third-order valence-corrected chi connectivity index (χ3v) is 3.59. The van der Waals surface area contributed by atoms with E-state index in [1.54, 1.807) is 0 Å². The smallest absolute Gasteiger partial charge is 0.0191 e. The first-order valence-electron chi connectivity index (χ1n) is 7.51. The largest absolute Gasteiger partial charge is 0.309 e. The van der Waals surface area contributed by atoms with Gasteiger partial charge in [0.05, 0.1) is 0 Å². The van der Waals surface area contributed by atoms with Gasteiger partial charge in [-0.3, -0.25) is 0 Å². The fourth-order valence-corrected chi connectivity index (χ4v) is 2.20. The van der Waals surface area contributed by atoms with Gasteiger partial charge in [0.15, 0.2) is 0 Å². The summed E-state index contributed by atoms with van der Waals surface area (Å²) in [6.07, 6.45) is 2.50. The molecule has 116 valence electrons. The van der Waals surface area contributed by atoms with E-state index in [2.05, 4.69) is 68.8 Å². The van der Waals surface area contributed by atoms with Crippen LogP contribution in [0.4, 0.5) is 0 Å². The first-order valence-corrected chi connectivity index (χ1v) is 7.51. The molecule has 4 heteroatoms. The van der Waals surface area contributed by atoms with Crippen molar-refractivity contribution in [1.82, 2.24) is 19.6 Å². The van der Waals surface area contributed by atoms with E-state index in [4.69, 9.17) is 0 Å². The Hall–Kier alpha value is -0.160. The summed E-state index contributed by atoms with van der Waals surface area (Å²) in [5, 5.41) is 0. The summed E-state index contributed by atoms with van der Waals surface area (Å²) >= 11 is 0. The molecule has 0 aliphatic heterocycles. The molecular formula is C15H36N4. The summed E-state index contributed by atoms with van der Waals surface area (Å²) in [7, 11) is 13.0. The van der Waals surface area contributed by atoms with Gasteiger partial charge >= 0.3 is 0 Å². The monoisotopic (exact) mass is 272 g/mol. The minimum Gasteiger partial charge on any atom is -0.309 e. The minimum absolute atomic E-state index is 0.631. The van der Waals surface area contributed by atoms with Crippen molar-refractivity contribution in [3.05, 3.63) is 0 Å². The van der Waals surface area contributed by atoms with Crippen molar-refractivity contribution >= 4 is 0 Å². The van der Waals surface area contributed by atoms with Crippen LogP contribution in [0.25, 0.3) is 0 Å². The third kappa shape index (κ3) is 11.4. The van der Waals surface area contributed by atoms with E-state index in [9.17, 15) is 0 Å². The number of nitrogens with zero attached hydrogens (tertiary/aromatic N) is 4. The van der Waals surface area contributed by atoms with Crippen LogP contribution in [0.5, 0.6) is 0 Å². The highest BCUT2D eigenvalue weighted by molar-refractivity contribution is 4.68. The molecule has 0 aromatic carbocycles. The van der Waals surface area contributed by atoms with Crippen LogP contribution in [0, 0.1) is 0 Å². The molecule has 0 amide bonds. The average Bonchev–Trinajstić information content (AvgIpc) is 2.27. The van der Waals surface area contributed by atoms with E-state index in [1.165, 1.54) is 39.0 Å². The summed E-state index contributed by atoms with van der Waals surface area (Å²) in [4.78, 5) is 9.44. The second-order valence-electron chi connectivity index (χ2n) is 6.41. The maximum Gasteiger partial charge on any atom is 0.0191 e. The number of rotatable bonds is 11. The van der Waals surface area contributed by atoms with Crippen molar-refractivity contribution in [2.45, 2.75) is 25.8 Å². The zero-order chi connectivity index (χ0) is 14.8. The molecule has 0 aliphatic rings. The summed E-state index contributed by atoms with van der Waals surface area (Å²) in [5.41, 5.74) is 0. The quantitative estimate of drug-likeness (QED) is 0.559. The van der Waals surface area contributed by atoms with Crippen molar-refractivity contribution in [2.75, 3.05) is 75.0 Å². The Kier molecular flexibility index (Phi) is 10.5. The molecule has 1 atom stereocenters. The Balaban J connectivity index is 3.71. The number of hydrogen-bond donors (Lipinski definition) is 0. The molecule has 0 fully saturated rings. The Labute approximate surface area is 121 Å². The van der Waals surface area contributed by atoms with E-state index in [1.807, 2.05) is 0 Å². The van der Waals surface area contributed by atoms with Crippen LogP contribution in [0.3, 0.4) is 0 Å². The van der Waals surface area contributed by atoms with Crippen LogP contribution in [-0.2, 0) is 0 Å². The predicted octanol–water partition coefficient (Wildman–Crippen LogP) is 1.14. The van der Waals surface area contributed by atoms with Gasteiger partial charge in [0, 0.05) is 12.6 Å². The average molecular weight is 272 g/mol. The normalized spacial score (nSPS) is 14.1. The maximum atomic E-state index is 2.48. The SMILES string of the molecule is CC(CN(C)CCCN(C)C)N(C)CCCN(C)C. The Morgan fingerprint density at radius 3 is 1.63 bits per heavy atom. The molecule has 0 aliphatic carbocycles. The second-order valence-corrected chi connectivity index (χ2v) is 6.41. The Morgan fingerprint density at radius 2 is 1.16 bits per heavy atom. The predicted molar refractivity (Wildman–Crippen MR) is 85.9 cm³/mol. The van der Waals surface area contributed by atoms with E-state index in [0.29, 0.717) is 6.04 Å². The van der Waals surface area contributed by atoms with E-state index >= 15 is 0 Å². The molecular weight excluding hydrogens is 236 g/mol. The lowest BCUT2D eigenvalue weighted by Crippen LogP contribution is -2.40. The molecule has 0 saturated carbocycles. The van der Waals surface area contributed by atoms with Crippen LogP contribution >= 0.6 is 0 Å². The number of likely N-dealkylation sites (N-methyl/N-ethyl adjacent to an activating group) is 2. The van der Waals surface area contributed by atoms with Gasteiger partial charge in [0.25, 0.3) is 0 Å². The van der Waals surface area contributed by atoms with E-state index in [0.717, 1.165) is 6.54 Å². The highest BCUT2D eigenvalue weighted by atomic mass is 15.2. The summed E-state index contributed by atoms with van der Waals surface area (Å²) in [6.45, 7) is 8.22. The van der Waals surface area contributed by atoms with Gasteiger partial charge in [-0.2, -0.15) is 0 Å². The van der Waals surface area contributed by atoms with Crippen molar-refractivity contribution in [3.8, 4) is 0 Å². The third-order valence-electron chi connectivity index (χ3n) is 3.59. The van der Waals surface area contributed by atoms with Crippen LogP contribution < -0.4 is 0 Å². The van der Waals surface area contributed by atoms with Crippen LogP contribution in [0.1, 0.15) is 19.8 Å². The molecule has 0 bridgehead atoms. The first-order chi connectivity index (χ1) is 8.82. The molecule has 0 N–H and O–H groups in total. The van der Waals surface area contributed by atoms with Gasteiger partial charge in [0.2, 0.25) is 0 Å². The van der Waals surface area contributed by atoms with Gasteiger partial charge in [-0.15, -0.1) is 0 Å². The van der Waals surface area contributed by atoms with Crippen molar-refractivity contribution in [3.63, 3.8) is 0 Å².